The van der Waals surface area contributed by atoms with Gasteiger partial charge in [-0.2, -0.15) is 0 Å². The third-order valence-corrected chi connectivity index (χ3v) is 3.11. The van der Waals surface area contributed by atoms with Gasteiger partial charge in [0, 0.05) is 17.3 Å². The molecular formula is C13H11ClN2O4. The van der Waals surface area contributed by atoms with Crippen LogP contribution in [-0.2, 0) is 0 Å². The highest BCUT2D eigenvalue weighted by atomic mass is 35.5. The monoisotopic (exact) mass is 294 g/mol. The molecule has 0 aliphatic rings. The van der Waals surface area contributed by atoms with Crippen molar-refractivity contribution in [2.75, 3.05) is 5.32 Å². The molecule has 0 aliphatic carbocycles. The van der Waals surface area contributed by atoms with Gasteiger partial charge in [-0.1, -0.05) is 11.6 Å². The Bertz CT molecular complexity index is 674. The Morgan fingerprint density at radius 3 is 2.65 bits per heavy atom. The topological polar surface area (TPSA) is 85.4 Å². The molecule has 6 nitrogen and oxygen atoms in total. The molecule has 0 unspecified atom stereocenters. The predicted molar refractivity (Wildman–Crippen MR) is 74.2 cm³/mol. The molecule has 7 heteroatoms. The maximum absolute atomic E-state index is 12.1. The molecule has 1 amide bonds. The Morgan fingerprint density at radius 1 is 1.40 bits per heavy atom. The number of carbonyl (C=O) groups excluding carboxylic acids is 1. The maximum Gasteiger partial charge on any atom is 0.289 e. The van der Waals surface area contributed by atoms with Crippen molar-refractivity contribution in [1.82, 2.24) is 0 Å². The number of nitro benzene ring substituents is 1. The van der Waals surface area contributed by atoms with E-state index in [1.54, 1.807) is 13.8 Å². The summed E-state index contributed by atoms with van der Waals surface area (Å²) in [7, 11) is 0. The van der Waals surface area contributed by atoms with Crippen LogP contribution >= 0.6 is 11.6 Å². The summed E-state index contributed by atoms with van der Waals surface area (Å²) in [5, 5.41) is 13.4. The van der Waals surface area contributed by atoms with E-state index >= 15 is 0 Å². The first-order valence-electron chi connectivity index (χ1n) is 5.70. The fourth-order valence-corrected chi connectivity index (χ4v) is 2.02. The first kappa shape index (κ1) is 14.1. The molecule has 0 radical (unpaired) electrons. The third kappa shape index (κ3) is 2.65. The number of nitrogens with zero attached hydrogens (tertiary/aromatic N) is 1. The van der Waals surface area contributed by atoms with E-state index in [4.69, 9.17) is 16.0 Å². The van der Waals surface area contributed by atoms with Gasteiger partial charge < -0.3 is 9.73 Å². The van der Waals surface area contributed by atoms with Gasteiger partial charge in [0.2, 0.25) is 0 Å². The molecule has 0 saturated heterocycles. The van der Waals surface area contributed by atoms with Crippen molar-refractivity contribution in [2.24, 2.45) is 0 Å². The van der Waals surface area contributed by atoms with Gasteiger partial charge >= 0.3 is 0 Å². The Morgan fingerprint density at radius 2 is 2.10 bits per heavy atom. The van der Waals surface area contributed by atoms with E-state index in [1.165, 1.54) is 24.5 Å². The van der Waals surface area contributed by atoms with Crippen LogP contribution in [0.4, 0.5) is 11.4 Å². The SMILES string of the molecule is Cc1coc(C)c1C(=O)Nc1ccc(Cl)c([N+](=O)[O-])c1. The summed E-state index contributed by atoms with van der Waals surface area (Å²) in [6.07, 6.45) is 1.48. The molecule has 0 saturated carbocycles. The van der Waals surface area contributed by atoms with E-state index in [0.717, 1.165) is 0 Å². The molecule has 1 aromatic heterocycles. The largest absolute Gasteiger partial charge is 0.469 e. The Balaban J connectivity index is 2.29. The van der Waals surface area contributed by atoms with Gasteiger partial charge in [0.1, 0.15) is 10.8 Å². The van der Waals surface area contributed by atoms with Crippen molar-refractivity contribution >= 4 is 28.9 Å². The number of furan rings is 1. The maximum atomic E-state index is 12.1. The summed E-state index contributed by atoms with van der Waals surface area (Å²) in [4.78, 5) is 22.3. The zero-order chi connectivity index (χ0) is 14.9. The lowest BCUT2D eigenvalue weighted by Gasteiger charge is -2.06. The number of nitrogens with one attached hydrogen (secondary N) is 1. The van der Waals surface area contributed by atoms with Crippen LogP contribution in [0.1, 0.15) is 21.7 Å². The van der Waals surface area contributed by atoms with Gasteiger partial charge in [-0.3, -0.25) is 14.9 Å². The number of benzene rings is 1. The summed E-state index contributed by atoms with van der Waals surface area (Å²) < 4.78 is 5.15. The van der Waals surface area contributed by atoms with Crippen molar-refractivity contribution in [3.05, 3.63) is 56.5 Å². The molecular weight excluding hydrogens is 284 g/mol. The van der Waals surface area contributed by atoms with Crippen LogP contribution in [0.3, 0.4) is 0 Å². The smallest absolute Gasteiger partial charge is 0.289 e. The molecule has 1 heterocycles. The van der Waals surface area contributed by atoms with Crippen molar-refractivity contribution in [2.45, 2.75) is 13.8 Å². The number of halogens is 1. The van der Waals surface area contributed by atoms with Crippen LogP contribution in [-0.4, -0.2) is 10.8 Å². The lowest BCUT2D eigenvalue weighted by molar-refractivity contribution is -0.384. The number of amides is 1. The Kier molecular flexibility index (Phi) is 3.76. The quantitative estimate of drug-likeness (QED) is 0.690. The highest BCUT2D eigenvalue weighted by Gasteiger charge is 2.18. The minimum absolute atomic E-state index is 0.0173. The average Bonchev–Trinajstić information content (AvgIpc) is 2.71. The molecule has 1 aromatic carbocycles. The number of nitro groups is 1. The zero-order valence-electron chi connectivity index (χ0n) is 10.8. The van der Waals surface area contributed by atoms with Crippen LogP contribution in [0.25, 0.3) is 0 Å². The molecule has 20 heavy (non-hydrogen) atoms. The number of rotatable bonds is 3. The minimum atomic E-state index is -0.605. The van der Waals surface area contributed by atoms with Crippen molar-refractivity contribution in [3.63, 3.8) is 0 Å². The van der Waals surface area contributed by atoms with Crippen LogP contribution in [0.15, 0.2) is 28.9 Å². The first-order valence-corrected chi connectivity index (χ1v) is 6.08. The number of aryl methyl sites for hydroxylation is 2. The van der Waals surface area contributed by atoms with Gasteiger partial charge in [-0.15, -0.1) is 0 Å². The third-order valence-electron chi connectivity index (χ3n) is 2.79. The number of anilines is 1. The fourth-order valence-electron chi connectivity index (χ4n) is 1.84. The van der Waals surface area contributed by atoms with Gasteiger partial charge in [0.25, 0.3) is 11.6 Å². The Labute approximate surface area is 119 Å². The number of hydrogen-bond acceptors (Lipinski definition) is 4. The molecule has 104 valence electrons. The predicted octanol–water partition coefficient (Wildman–Crippen LogP) is 3.71. The fraction of sp³-hybridized carbons (Fsp3) is 0.154. The normalized spacial score (nSPS) is 10.3. The van der Waals surface area contributed by atoms with Crippen molar-refractivity contribution in [1.29, 1.82) is 0 Å². The lowest BCUT2D eigenvalue weighted by atomic mass is 10.1. The van der Waals surface area contributed by atoms with E-state index in [0.29, 0.717) is 22.6 Å². The molecule has 0 spiro atoms. The van der Waals surface area contributed by atoms with Crippen molar-refractivity contribution < 1.29 is 14.1 Å². The number of carbonyl (C=O) groups is 1. The second kappa shape index (κ2) is 5.34. The van der Waals surface area contributed by atoms with Crippen LogP contribution < -0.4 is 5.32 Å². The van der Waals surface area contributed by atoms with Crippen molar-refractivity contribution in [3.8, 4) is 0 Å². The van der Waals surface area contributed by atoms with E-state index in [2.05, 4.69) is 5.32 Å². The van der Waals surface area contributed by atoms with E-state index in [1.807, 2.05) is 0 Å². The van der Waals surface area contributed by atoms with Crippen LogP contribution in [0, 0.1) is 24.0 Å². The first-order chi connectivity index (χ1) is 9.40. The zero-order valence-corrected chi connectivity index (χ0v) is 11.5. The van der Waals surface area contributed by atoms with E-state index in [-0.39, 0.29) is 16.6 Å². The highest BCUT2D eigenvalue weighted by molar-refractivity contribution is 6.32. The molecule has 2 aromatic rings. The second-order valence-corrected chi connectivity index (χ2v) is 4.63. The van der Waals surface area contributed by atoms with Crippen LogP contribution in [0.5, 0.6) is 0 Å². The summed E-state index contributed by atoms with van der Waals surface area (Å²) >= 11 is 5.71. The molecule has 0 bridgehead atoms. The standard InChI is InChI=1S/C13H11ClN2O4/c1-7-6-20-8(2)12(7)13(17)15-9-3-4-10(14)11(5-9)16(18)19/h3-6H,1-2H3,(H,15,17). The molecule has 0 aliphatic heterocycles. The van der Waals surface area contributed by atoms with E-state index < -0.39 is 4.92 Å². The summed E-state index contributed by atoms with van der Waals surface area (Å²) in [5.74, 6) is 0.105. The molecule has 1 N–H and O–H groups in total. The molecule has 0 fully saturated rings. The lowest BCUT2D eigenvalue weighted by Crippen LogP contribution is -2.13. The molecule has 0 atom stereocenters. The summed E-state index contributed by atoms with van der Waals surface area (Å²) in [6.45, 7) is 3.42. The molecule has 2 rings (SSSR count). The summed E-state index contributed by atoms with van der Waals surface area (Å²) in [5.41, 5.74) is 1.15. The highest BCUT2D eigenvalue weighted by Crippen LogP contribution is 2.28. The van der Waals surface area contributed by atoms with Crippen LogP contribution in [0.2, 0.25) is 5.02 Å². The van der Waals surface area contributed by atoms with Gasteiger partial charge in [-0.05, 0) is 26.0 Å². The van der Waals surface area contributed by atoms with Gasteiger partial charge in [0.15, 0.2) is 0 Å². The second-order valence-electron chi connectivity index (χ2n) is 4.23. The summed E-state index contributed by atoms with van der Waals surface area (Å²) in [6, 6.07) is 4.08. The van der Waals surface area contributed by atoms with Gasteiger partial charge in [0.05, 0.1) is 16.7 Å². The number of hydrogen-bond donors (Lipinski definition) is 1. The van der Waals surface area contributed by atoms with E-state index in [9.17, 15) is 14.9 Å². The minimum Gasteiger partial charge on any atom is -0.469 e. The Hall–Kier alpha value is -2.34. The average molecular weight is 295 g/mol. The van der Waals surface area contributed by atoms with Gasteiger partial charge in [-0.25, -0.2) is 0 Å².